The first-order valence-corrected chi connectivity index (χ1v) is 7.87. The molecule has 0 aliphatic rings. The number of carboxylic acids is 1. The first-order valence-electron chi connectivity index (χ1n) is 7.87. The Kier molecular flexibility index (Phi) is 4.66. The van der Waals surface area contributed by atoms with Gasteiger partial charge in [-0.25, -0.2) is 4.98 Å². The number of hydrogen-bond donors (Lipinski definition) is 4. The number of rotatable bonds is 6. The van der Waals surface area contributed by atoms with Crippen LogP contribution in [0, 0.1) is 0 Å². The van der Waals surface area contributed by atoms with E-state index in [-0.39, 0.29) is 0 Å². The second-order valence-corrected chi connectivity index (χ2v) is 5.68. The molecule has 8 heteroatoms. The molecule has 132 valence electrons. The highest BCUT2D eigenvalue weighted by Gasteiger charge is 2.14. The van der Waals surface area contributed by atoms with Gasteiger partial charge >= 0.3 is 5.97 Å². The molecule has 0 fully saturated rings. The number of nitrogens with two attached hydrogens (primary N) is 1. The summed E-state index contributed by atoms with van der Waals surface area (Å²) in [6.45, 7) is 1.54. The molecule has 0 aliphatic carbocycles. The molecule has 8 nitrogen and oxygen atoms in total. The highest BCUT2D eigenvalue weighted by molar-refractivity contribution is 5.93. The number of aromatic nitrogens is 2. The second kappa shape index (κ2) is 7.06. The van der Waals surface area contributed by atoms with E-state index in [1.165, 1.54) is 6.92 Å². The van der Waals surface area contributed by atoms with Crippen molar-refractivity contribution in [3.8, 4) is 0 Å². The fraction of sp³-hybridized carbons (Fsp3) is 0.111. The van der Waals surface area contributed by atoms with E-state index in [4.69, 9.17) is 10.8 Å². The number of hydrogen-bond acceptors (Lipinski definition) is 6. The number of nitrogens with one attached hydrogen (secondary N) is 2. The SMILES string of the molecule is CC(Nc1nc(Nc2ccc(C(N)=O)cc2)nc2ccccc12)C(=O)O. The molecule has 0 saturated carbocycles. The normalized spacial score (nSPS) is 11.7. The number of carboxylic acid groups (broad SMARTS) is 1. The minimum Gasteiger partial charge on any atom is -0.480 e. The average Bonchev–Trinajstić information content (AvgIpc) is 2.62. The van der Waals surface area contributed by atoms with E-state index in [2.05, 4.69) is 20.6 Å². The number of anilines is 3. The molecule has 26 heavy (non-hydrogen) atoms. The molecule has 0 bridgehead atoms. The largest absolute Gasteiger partial charge is 0.480 e. The van der Waals surface area contributed by atoms with Crippen molar-refractivity contribution in [2.75, 3.05) is 10.6 Å². The first kappa shape index (κ1) is 17.2. The van der Waals surface area contributed by atoms with Crippen LogP contribution in [0.5, 0.6) is 0 Å². The summed E-state index contributed by atoms with van der Waals surface area (Å²) in [5, 5.41) is 15.8. The van der Waals surface area contributed by atoms with Crippen LogP contribution in [0.2, 0.25) is 0 Å². The van der Waals surface area contributed by atoms with E-state index in [9.17, 15) is 9.59 Å². The molecule has 0 aliphatic heterocycles. The van der Waals surface area contributed by atoms with Crippen molar-refractivity contribution in [1.82, 2.24) is 9.97 Å². The summed E-state index contributed by atoms with van der Waals surface area (Å²) in [6.07, 6.45) is 0. The molecule has 1 aromatic heterocycles. The molecule has 1 amide bonds. The third-order valence-corrected chi connectivity index (χ3v) is 3.75. The average molecular weight is 351 g/mol. The lowest BCUT2D eigenvalue weighted by Gasteiger charge is -2.14. The zero-order valence-corrected chi connectivity index (χ0v) is 13.9. The number of carbonyl (C=O) groups is 2. The van der Waals surface area contributed by atoms with Gasteiger partial charge in [-0.2, -0.15) is 4.98 Å². The zero-order chi connectivity index (χ0) is 18.7. The molecular formula is C18H17N5O3. The van der Waals surface area contributed by atoms with E-state index >= 15 is 0 Å². The van der Waals surface area contributed by atoms with Crippen LogP contribution in [0.3, 0.4) is 0 Å². The second-order valence-electron chi connectivity index (χ2n) is 5.68. The van der Waals surface area contributed by atoms with Crippen molar-refractivity contribution in [2.45, 2.75) is 13.0 Å². The molecule has 0 radical (unpaired) electrons. The van der Waals surface area contributed by atoms with Crippen LogP contribution < -0.4 is 16.4 Å². The number of primary amides is 1. The molecule has 3 aromatic rings. The maximum absolute atomic E-state index is 11.1. The quantitative estimate of drug-likeness (QED) is 0.536. The lowest BCUT2D eigenvalue weighted by molar-refractivity contribution is -0.137. The van der Waals surface area contributed by atoms with Crippen molar-refractivity contribution < 1.29 is 14.7 Å². The van der Waals surface area contributed by atoms with Gasteiger partial charge in [0.15, 0.2) is 0 Å². The molecule has 1 heterocycles. The van der Waals surface area contributed by atoms with E-state index in [1.807, 2.05) is 24.3 Å². The molecular weight excluding hydrogens is 334 g/mol. The van der Waals surface area contributed by atoms with Gasteiger partial charge in [-0.1, -0.05) is 12.1 Å². The van der Waals surface area contributed by atoms with Crippen molar-refractivity contribution in [3.63, 3.8) is 0 Å². The third-order valence-electron chi connectivity index (χ3n) is 3.75. The summed E-state index contributed by atoms with van der Waals surface area (Å²) in [5.41, 5.74) is 6.96. The molecule has 5 N–H and O–H groups in total. The summed E-state index contributed by atoms with van der Waals surface area (Å²) in [4.78, 5) is 31.1. The van der Waals surface area contributed by atoms with Crippen LogP contribution in [0.15, 0.2) is 48.5 Å². The fourth-order valence-electron chi connectivity index (χ4n) is 2.36. The highest BCUT2D eigenvalue weighted by Crippen LogP contribution is 2.24. The summed E-state index contributed by atoms with van der Waals surface area (Å²) in [7, 11) is 0. The van der Waals surface area contributed by atoms with Crippen molar-refractivity contribution in [3.05, 3.63) is 54.1 Å². The smallest absolute Gasteiger partial charge is 0.325 e. The van der Waals surface area contributed by atoms with Gasteiger partial charge in [-0.05, 0) is 43.3 Å². The van der Waals surface area contributed by atoms with Crippen LogP contribution in [-0.4, -0.2) is 33.0 Å². The molecule has 1 atom stereocenters. The number of benzene rings is 2. The van der Waals surface area contributed by atoms with Gasteiger partial charge < -0.3 is 21.5 Å². The van der Waals surface area contributed by atoms with Crippen LogP contribution in [0.1, 0.15) is 17.3 Å². The maximum Gasteiger partial charge on any atom is 0.325 e. The van der Waals surface area contributed by atoms with Gasteiger partial charge in [-0.3, -0.25) is 9.59 Å². The van der Waals surface area contributed by atoms with Gasteiger partial charge in [0.2, 0.25) is 11.9 Å². The Morgan fingerprint density at radius 2 is 1.77 bits per heavy atom. The number of amides is 1. The Hall–Kier alpha value is -3.68. The number of carbonyl (C=O) groups excluding carboxylic acids is 1. The van der Waals surface area contributed by atoms with Crippen LogP contribution >= 0.6 is 0 Å². The van der Waals surface area contributed by atoms with Gasteiger partial charge in [0.1, 0.15) is 11.9 Å². The van der Waals surface area contributed by atoms with Crippen molar-refractivity contribution in [2.24, 2.45) is 5.73 Å². The summed E-state index contributed by atoms with van der Waals surface area (Å²) in [6, 6.07) is 13.1. The monoisotopic (exact) mass is 351 g/mol. The minimum absolute atomic E-state index is 0.301. The van der Waals surface area contributed by atoms with Gasteiger partial charge in [-0.15, -0.1) is 0 Å². The molecule has 1 unspecified atom stereocenters. The number of fused-ring (bicyclic) bond motifs is 1. The Balaban J connectivity index is 1.95. The van der Waals surface area contributed by atoms with Crippen LogP contribution in [0.25, 0.3) is 10.9 Å². The number of aliphatic carboxylic acids is 1. The van der Waals surface area contributed by atoms with Crippen molar-refractivity contribution >= 4 is 40.2 Å². The van der Waals surface area contributed by atoms with Crippen LogP contribution in [0.4, 0.5) is 17.5 Å². The summed E-state index contributed by atoms with van der Waals surface area (Å²) in [5.74, 6) is -0.769. The lowest BCUT2D eigenvalue weighted by atomic mass is 10.2. The Bertz CT molecular complexity index is 972. The van der Waals surface area contributed by atoms with Gasteiger partial charge in [0.05, 0.1) is 5.52 Å². The van der Waals surface area contributed by atoms with Crippen molar-refractivity contribution in [1.29, 1.82) is 0 Å². The number of nitrogens with zero attached hydrogens (tertiary/aromatic N) is 2. The predicted molar refractivity (Wildman–Crippen MR) is 98.5 cm³/mol. The van der Waals surface area contributed by atoms with E-state index in [0.29, 0.717) is 28.5 Å². The van der Waals surface area contributed by atoms with Gasteiger partial charge in [0, 0.05) is 16.6 Å². The maximum atomic E-state index is 11.1. The Labute approximate surface area is 149 Å². The molecule has 3 rings (SSSR count). The molecule has 0 saturated heterocycles. The summed E-state index contributed by atoms with van der Waals surface area (Å²) < 4.78 is 0. The minimum atomic E-state index is -0.982. The number of para-hydroxylation sites is 1. The molecule has 2 aromatic carbocycles. The lowest BCUT2D eigenvalue weighted by Crippen LogP contribution is -2.26. The highest BCUT2D eigenvalue weighted by atomic mass is 16.4. The third kappa shape index (κ3) is 3.69. The first-order chi connectivity index (χ1) is 12.4. The van der Waals surface area contributed by atoms with E-state index < -0.39 is 17.9 Å². The zero-order valence-electron chi connectivity index (χ0n) is 13.9. The Morgan fingerprint density at radius 3 is 2.42 bits per heavy atom. The standard InChI is InChI=1S/C18H17N5O3/c1-10(17(25)26)20-16-13-4-2-3-5-14(13)22-18(23-16)21-12-8-6-11(7-9-12)15(19)24/h2-10H,1H3,(H2,19,24)(H,25,26)(H2,20,21,22,23). The molecule has 0 spiro atoms. The predicted octanol–water partition coefficient (Wildman–Crippen LogP) is 2.36. The Morgan fingerprint density at radius 1 is 1.08 bits per heavy atom. The summed E-state index contributed by atoms with van der Waals surface area (Å²) >= 11 is 0. The van der Waals surface area contributed by atoms with Gasteiger partial charge in [0.25, 0.3) is 0 Å². The van der Waals surface area contributed by atoms with Crippen LogP contribution in [-0.2, 0) is 4.79 Å². The topological polar surface area (TPSA) is 130 Å². The van der Waals surface area contributed by atoms with E-state index in [1.54, 1.807) is 24.3 Å². The van der Waals surface area contributed by atoms with E-state index in [0.717, 1.165) is 5.39 Å². The fourth-order valence-corrected chi connectivity index (χ4v) is 2.36.